The second kappa shape index (κ2) is 5.82. The average molecular weight is 288 g/mol. The van der Waals surface area contributed by atoms with Crippen LogP contribution in [-0.2, 0) is 0 Å². The lowest BCUT2D eigenvalue weighted by Gasteiger charge is -2.16. The van der Waals surface area contributed by atoms with Crippen LogP contribution >= 0.6 is 0 Å². The summed E-state index contributed by atoms with van der Waals surface area (Å²) in [7, 11) is 0. The van der Waals surface area contributed by atoms with Crippen LogP contribution in [0.2, 0.25) is 0 Å². The predicted octanol–water partition coefficient (Wildman–Crippen LogP) is 3.98. The van der Waals surface area contributed by atoms with E-state index in [1.54, 1.807) is 0 Å². The molecule has 3 aromatic rings. The summed E-state index contributed by atoms with van der Waals surface area (Å²) in [4.78, 5) is 9.23. The molecule has 0 aliphatic rings. The van der Waals surface area contributed by atoms with Gasteiger partial charge in [0, 0.05) is 0 Å². The number of nitrogens with one attached hydrogen (secondary N) is 1. The standard InChI is InChI=1S/C18H16N4/c1-12(15-9-7-14(11-19)8-10-15)21-18-13(2)20-16-5-3-4-6-17(16)22-18/h3-10,12H,1-2H3,(H,21,22). The molecule has 3 rings (SSSR count). The van der Waals surface area contributed by atoms with Gasteiger partial charge in [0.2, 0.25) is 0 Å². The summed E-state index contributed by atoms with van der Waals surface area (Å²) in [5, 5.41) is 12.3. The molecule has 22 heavy (non-hydrogen) atoms. The zero-order chi connectivity index (χ0) is 15.5. The Kier molecular flexibility index (Phi) is 3.71. The molecular formula is C18H16N4. The van der Waals surface area contributed by atoms with Gasteiger partial charge in [-0.2, -0.15) is 5.26 Å². The number of hydrogen-bond donors (Lipinski definition) is 1. The molecule has 1 unspecified atom stereocenters. The summed E-state index contributed by atoms with van der Waals surface area (Å²) in [5.41, 5.74) is 4.42. The minimum absolute atomic E-state index is 0.0851. The maximum Gasteiger partial charge on any atom is 0.148 e. The molecule has 0 radical (unpaired) electrons. The molecule has 4 nitrogen and oxygen atoms in total. The minimum Gasteiger partial charge on any atom is -0.362 e. The molecular weight excluding hydrogens is 272 g/mol. The van der Waals surface area contributed by atoms with Crippen molar-refractivity contribution >= 4 is 16.9 Å². The zero-order valence-electron chi connectivity index (χ0n) is 12.5. The number of nitrogens with zero attached hydrogens (tertiary/aromatic N) is 3. The highest BCUT2D eigenvalue weighted by atomic mass is 15.0. The summed E-state index contributed by atoms with van der Waals surface area (Å²) in [6, 6.07) is 17.6. The number of hydrogen-bond acceptors (Lipinski definition) is 4. The van der Waals surface area contributed by atoms with Crippen LogP contribution in [0.25, 0.3) is 11.0 Å². The maximum atomic E-state index is 8.86. The normalized spacial score (nSPS) is 11.9. The fraction of sp³-hybridized carbons (Fsp3) is 0.167. The number of para-hydroxylation sites is 2. The first kappa shape index (κ1) is 14.0. The lowest BCUT2D eigenvalue weighted by atomic mass is 10.1. The first-order valence-electron chi connectivity index (χ1n) is 7.17. The lowest BCUT2D eigenvalue weighted by Crippen LogP contribution is -2.10. The molecule has 108 valence electrons. The Hall–Kier alpha value is -2.93. The van der Waals surface area contributed by atoms with Crippen LogP contribution in [0.4, 0.5) is 5.82 Å². The number of anilines is 1. The Labute approximate surface area is 129 Å². The van der Waals surface area contributed by atoms with Gasteiger partial charge in [-0.15, -0.1) is 0 Å². The number of nitriles is 1. The fourth-order valence-electron chi connectivity index (χ4n) is 2.36. The van der Waals surface area contributed by atoms with Crippen molar-refractivity contribution < 1.29 is 0 Å². The molecule has 1 heterocycles. The highest BCUT2D eigenvalue weighted by Gasteiger charge is 2.10. The molecule has 4 heteroatoms. The molecule has 0 spiro atoms. The molecule has 1 atom stereocenters. The molecule has 0 aliphatic heterocycles. The van der Waals surface area contributed by atoms with Gasteiger partial charge < -0.3 is 5.32 Å². The molecule has 0 fully saturated rings. The Morgan fingerprint density at radius 2 is 1.64 bits per heavy atom. The summed E-state index contributed by atoms with van der Waals surface area (Å²) in [6.45, 7) is 4.02. The van der Waals surface area contributed by atoms with Crippen LogP contribution in [-0.4, -0.2) is 9.97 Å². The maximum absolute atomic E-state index is 8.86. The average Bonchev–Trinajstić information content (AvgIpc) is 2.55. The SMILES string of the molecule is Cc1nc2ccccc2nc1NC(C)c1ccc(C#N)cc1. The molecule has 0 aliphatic carbocycles. The third-order valence-electron chi connectivity index (χ3n) is 3.64. The van der Waals surface area contributed by atoms with Crippen LogP contribution in [0.3, 0.4) is 0 Å². The van der Waals surface area contributed by atoms with E-state index in [0.29, 0.717) is 5.56 Å². The summed E-state index contributed by atoms with van der Waals surface area (Å²) < 4.78 is 0. The number of rotatable bonds is 3. The smallest absolute Gasteiger partial charge is 0.148 e. The van der Waals surface area contributed by atoms with Gasteiger partial charge in [0.1, 0.15) is 5.82 Å². The highest BCUT2D eigenvalue weighted by Crippen LogP contribution is 2.22. The zero-order valence-corrected chi connectivity index (χ0v) is 12.5. The lowest BCUT2D eigenvalue weighted by molar-refractivity contribution is 0.869. The molecule has 1 N–H and O–H groups in total. The van der Waals surface area contributed by atoms with E-state index in [4.69, 9.17) is 5.26 Å². The highest BCUT2D eigenvalue weighted by molar-refractivity contribution is 5.76. The Morgan fingerprint density at radius 3 is 2.27 bits per heavy atom. The van der Waals surface area contributed by atoms with Crippen LogP contribution in [0.1, 0.15) is 29.8 Å². The molecule has 0 bridgehead atoms. The number of benzene rings is 2. The number of fused-ring (bicyclic) bond motifs is 1. The van der Waals surface area contributed by atoms with Gasteiger partial charge in [-0.3, -0.25) is 0 Å². The van der Waals surface area contributed by atoms with Gasteiger partial charge in [-0.1, -0.05) is 24.3 Å². The summed E-state index contributed by atoms with van der Waals surface area (Å²) >= 11 is 0. The van der Waals surface area contributed by atoms with Crippen molar-refractivity contribution in [3.8, 4) is 6.07 Å². The Morgan fingerprint density at radius 1 is 1.00 bits per heavy atom. The monoisotopic (exact) mass is 288 g/mol. The molecule has 0 saturated carbocycles. The van der Waals surface area contributed by atoms with Crippen molar-refractivity contribution in [2.24, 2.45) is 0 Å². The van der Waals surface area contributed by atoms with E-state index in [1.165, 1.54) is 0 Å². The van der Waals surface area contributed by atoms with Crippen LogP contribution in [0.5, 0.6) is 0 Å². The first-order chi connectivity index (χ1) is 10.7. The predicted molar refractivity (Wildman–Crippen MR) is 87.5 cm³/mol. The third kappa shape index (κ3) is 2.75. The van der Waals surface area contributed by atoms with E-state index in [-0.39, 0.29) is 6.04 Å². The third-order valence-corrected chi connectivity index (χ3v) is 3.64. The quantitative estimate of drug-likeness (QED) is 0.791. The van der Waals surface area contributed by atoms with E-state index in [0.717, 1.165) is 28.1 Å². The topological polar surface area (TPSA) is 61.6 Å². The number of aromatic nitrogens is 2. The van der Waals surface area contributed by atoms with Crippen LogP contribution in [0.15, 0.2) is 48.5 Å². The first-order valence-corrected chi connectivity index (χ1v) is 7.17. The van der Waals surface area contributed by atoms with Crippen molar-refractivity contribution in [3.63, 3.8) is 0 Å². The van der Waals surface area contributed by atoms with E-state index in [1.807, 2.05) is 55.5 Å². The Balaban J connectivity index is 1.88. The number of aryl methyl sites for hydroxylation is 1. The van der Waals surface area contributed by atoms with E-state index >= 15 is 0 Å². The van der Waals surface area contributed by atoms with Crippen molar-refractivity contribution in [2.45, 2.75) is 19.9 Å². The van der Waals surface area contributed by atoms with Gasteiger partial charge in [-0.05, 0) is 43.7 Å². The van der Waals surface area contributed by atoms with Crippen molar-refractivity contribution in [1.82, 2.24) is 9.97 Å². The van der Waals surface area contributed by atoms with Crippen LogP contribution < -0.4 is 5.32 Å². The fourth-order valence-corrected chi connectivity index (χ4v) is 2.36. The molecule has 1 aromatic heterocycles. The van der Waals surface area contributed by atoms with Gasteiger partial charge >= 0.3 is 0 Å². The van der Waals surface area contributed by atoms with Crippen molar-refractivity contribution in [1.29, 1.82) is 5.26 Å². The van der Waals surface area contributed by atoms with Crippen molar-refractivity contribution in [2.75, 3.05) is 5.32 Å². The van der Waals surface area contributed by atoms with Crippen molar-refractivity contribution in [3.05, 3.63) is 65.4 Å². The molecule has 2 aromatic carbocycles. The minimum atomic E-state index is 0.0851. The second-order valence-corrected chi connectivity index (χ2v) is 5.25. The molecule has 0 saturated heterocycles. The van der Waals surface area contributed by atoms with Gasteiger partial charge in [-0.25, -0.2) is 9.97 Å². The van der Waals surface area contributed by atoms with Gasteiger partial charge in [0.15, 0.2) is 0 Å². The van der Waals surface area contributed by atoms with Crippen LogP contribution in [0, 0.1) is 18.3 Å². The summed E-state index contributed by atoms with van der Waals surface area (Å²) in [5.74, 6) is 0.788. The second-order valence-electron chi connectivity index (χ2n) is 5.25. The van der Waals surface area contributed by atoms with Gasteiger partial charge in [0.25, 0.3) is 0 Å². The Bertz CT molecular complexity index is 847. The largest absolute Gasteiger partial charge is 0.362 e. The molecule has 0 amide bonds. The summed E-state index contributed by atoms with van der Waals surface area (Å²) in [6.07, 6.45) is 0. The van der Waals surface area contributed by atoms with E-state index in [2.05, 4.69) is 28.3 Å². The van der Waals surface area contributed by atoms with E-state index < -0.39 is 0 Å². The van der Waals surface area contributed by atoms with Gasteiger partial charge in [0.05, 0.1) is 34.4 Å². The van der Waals surface area contributed by atoms with E-state index in [9.17, 15) is 0 Å².